The quantitative estimate of drug-likeness (QED) is 0.788. The maximum atomic E-state index is 4.37. The van der Waals surface area contributed by atoms with Crippen LogP contribution < -0.4 is 5.32 Å². The third-order valence-corrected chi connectivity index (χ3v) is 2.67. The number of anilines is 2. The molecule has 0 unspecified atom stereocenters. The van der Waals surface area contributed by atoms with Crippen LogP contribution in [0.25, 0.3) is 5.65 Å². The molecule has 0 saturated carbocycles. The highest BCUT2D eigenvalue weighted by Crippen LogP contribution is 2.20. The number of hydrogen-bond donors (Lipinski definition) is 1. The molecule has 0 aliphatic heterocycles. The molecule has 6 heteroatoms. The van der Waals surface area contributed by atoms with Crippen LogP contribution in [-0.4, -0.2) is 19.4 Å². The summed E-state index contributed by atoms with van der Waals surface area (Å²) < 4.78 is 2.65. The largest absolute Gasteiger partial charge is 0.337 e. The van der Waals surface area contributed by atoms with E-state index in [0.29, 0.717) is 5.82 Å². The number of pyridine rings is 1. The van der Waals surface area contributed by atoms with Gasteiger partial charge in [0.25, 0.3) is 0 Å². The van der Waals surface area contributed by atoms with Crippen LogP contribution in [-0.2, 0) is 0 Å². The van der Waals surface area contributed by atoms with Gasteiger partial charge in [-0.3, -0.25) is 4.98 Å². The molecule has 3 aromatic rings. The molecule has 5 nitrogen and oxygen atoms in total. The van der Waals surface area contributed by atoms with E-state index < -0.39 is 0 Å². The Morgan fingerprint density at radius 3 is 2.82 bits per heavy atom. The third-order valence-electron chi connectivity index (χ3n) is 2.29. The second-order valence-corrected chi connectivity index (χ2v) is 4.24. The van der Waals surface area contributed by atoms with Crippen molar-refractivity contribution in [2.75, 3.05) is 5.32 Å². The van der Waals surface area contributed by atoms with Gasteiger partial charge < -0.3 is 9.72 Å². The highest BCUT2D eigenvalue weighted by molar-refractivity contribution is 9.10. The van der Waals surface area contributed by atoms with Crippen molar-refractivity contribution >= 4 is 33.1 Å². The molecule has 3 rings (SSSR count). The molecule has 0 atom stereocenters. The summed E-state index contributed by atoms with van der Waals surface area (Å²) in [6.07, 6.45) is 8.92. The van der Waals surface area contributed by atoms with Crippen molar-refractivity contribution < 1.29 is 0 Å². The molecule has 0 saturated heterocycles. The predicted octanol–water partition coefficient (Wildman–Crippen LogP) is 2.63. The Bertz CT molecular complexity index is 649. The van der Waals surface area contributed by atoms with Gasteiger partial charge in [0.2, 0.25) is 0 Å². The van der Waals surface area contributed by atoms with Gasteiger partial charge in [0, 0.05) is 36.7 Å². The zero-order valence-electron chi connectivity index (χ0n) is 8.71. The zero-order chi connectivity index (χ0) is 11.7. The Balaban J connectivity index is 2.08. The molecular formula is C11H8BrN5. The first-order valence-corrected chi connectivity index (χ1v) is 5.78. The fourth-order valence-electron chi connectivity index (χ4n) is 1.56. The lowest BCUT2D eigenvalue weighted by atomic mass is 10.4. The van der Waals surface area contributed by atoms with E-state index in [2.05, 4.69) is 36.2 Å². The monoisotopic (exact) mass is 289 g/mol. The molecule has 84 valence electrons. The van der Waals surface area contributed by atoms with Crippen LogP contribution in [0.1, 0.15) is 0 Å². The Kier molecular flexibility index (Phi) is 2.49. The zero-order valence-corrected chi connectivity index (χ0v) is 10.3. The first kappa shape index (κ1) is 10.2. The van der Waals surface area contributed by atoms with Crippen molar-refractivity contribution in [2.45, 2.75) is 0 Å². The number of rotatable bonds is 2. The first-order valence-electron chi connectivity index (χ1n) is 4.99. The van der Waals surface area contributed by atoms with Crippen molar-refractivity contribution in [3.8, 4) is 0 Å². The molecule has 0 spiro atoms. The fraction of sp³-hybridized carbons (Fsp3) is 0. The summed E-state index contributed by atoms with van der Waals surface area (Å²) in [5.41, 5.74) is 1.71. The normalized spacial score (nSPS) is 10.6. The van der Waals surface area contributed by atoms with Crippen LogP contribution >= 0.6 is 15.9 Å². The van der Waals surface area contributed by atoms with Gasteiger partial charge in [0.1, 0.15) is 4.60 Å². The number of hydrogen-bond acceptors (Lipinski definition) is 4. The summed E-state index contributed by atoms with van der Waals surface area (Å²) in [6, 6.07) is 3.75. The summed E-state index contributed by atoms with van der Waals surface area (Å²) in [7, 11) is 0. The molecule has 0 aliphatic carbocycles. The second kappa shape index (κ2) is 4.14. The summed E-state index contributed by atoms with van der Waals surface area (Å²) in [6.45, 7) is 0. The first-order chi connectivity index (χ1) is 8.33. The van der Waals surface area contributed by atoms with Gasteiger partial charge in [-0.15, -0.1) is 0 Å². The number of halogens is 1. The molecule has 17 heavy (non-hydrogen) atoms. The molecule has 0 amide bonds. The second-order valence-electron chi connectivity index (χ2n) is 3.43. The number of imidazole rings is 1. The van der Waals surface area contributed by atoms with E-state index in [-0.39, 0.29) is 0 Å². The average molecular weight is 290 g/mol. The van der Waals surface area contributed by atoms with Crippen molar-refractivity contribution in [3.63, 3.8) is 0 Å². The molecule has 0 radical (unpaired) electrons. The number of nitrogens with zero attached hydrogens (tertiary/aromatic N) is 4. The minimum atomic E-state index is 0.704. The Morgan fingerprint density at radius 2 is 2.00 bits per heavy atom. The molecule has 0 aromatic carbocycles. The molecule has 3 heterocycles. The van der Waals surface area contributed by atoms with Gasteiger partial charge in [-0.25, -0.2) is 9.97 Å². The van der Waals surface area contributed by atoms with Crippen LogP contribution in [0.2, 0.25) is 0 Å². The molecule has 3 aromatic heterocycles. The fourth-order valence-corrected chi connectivity index (χ4v) is 1.95. The van der Waals surface area contributed by atoms with E-state index >= 15 is 0 Å². The summed E-state index contributed by atoms with van der Waals surface area (Å²) >= 11 is 3.37. The molecule has 1 N–H and O–H groups in total. The molecule has 0 fully saturated rings. The minimum absolute atomic E-state index is 0.704. The van der Waals surface area contributed by atoms with E-state index in [4.69, 9.17) is 0 Å². The lowest BCUT2D eigenvalue weighted by molar-refractivity contribution is 1.10. The Labute approximate surface area is 106 Å². The van der Waals surface area contributed by atoms with E-state index in [0.717, 1.165) is 15.9 Å². The van der Waals surface area contributed by atoms with E-state index in [1.54, 1.807) is 18.6 Å². The van der Waals surface area contributed by atoms with Crippen molar-refractivity contribution in [1.82, 2.24) is 19.4 Å². The van der Waals surface area contributed by atoms with Gasteiger partial charge in [-0.05, 0) is 28.1 Å². The predicted molar refractivity (Wildman–Crippen MR) is 68.2 cm³/mol. The highest BCUT2D eigenvalue weighted by atomic mass is 79.9. The Hall–Kier alpha value is -1.95. The highest BCUT2D eigenvalue weighted by Gasteiger charge is 2.06. The van der Waals surface area contributed by atoms with Gasteiger partial charge in [-0.2, -0.15) is 0 Å². The number of fused-ring (bicyclic) bond motifs is 1. The maximum absolute atomic E-state index is 4.37. The van der Waals surface area contributed by atoms with Crippen molar-refractivity contribution in [1.29, 1.82) is 0 Å². The van der Waals surface area contributed by atoms with Crippen LogP contribution in [0.15, 0.2) is 47.7 Å². The SMILES string of the molecule is Brc1cn2ccnc2c(Nc2ccncc2)n1. The van der Waals surface area contributed by atoms with E-state index in [1.165, 1.54) is 0 Å². The van der Waals surface area contributed by atoms with E-state index in [1.807, 2.05) is 28.9 Å². The molecule has 0 aliphatic rings. The minimum Gasteiger partial charge on any atom is -0.337 e. The average Bonchev–Trinajstić information content (AvgIpc) is 2.78. The third kappa shape index (κ3) is 1.99. The standard InChI is InChI=1S/C11H8BrN5/c12-9-7-17-6-5-14-11(17)10(16-9)15-8-1-3-13-4-2-8/h1-7H,(H,13,15,16). The van der Waals surface area contributed by atoms with Crippen molar-refractivity contribution in [2.24, 2.45) is 0 Å². The number of aromatic nitrogens is 4. The van der Waals surface area contributed by atoms with Crippen LogP contribution in [0, 0.1) is 0 Å². The van der Waals surface area contributed by atoms with Gasteiger partial charge in [-0.1, -0.05) is 0 Å². The topological polar surface area (TPSA) is 55.1 Å². The molecular weight excluding hydrogens is 282 g/mol. The summed E-state index contributed by atoms with van der Waals surface area (Å²) in [5, 5.41) is 3.21. The lowest BCUT2D eigenvalue weighted by Crippen LogP contribution is -1.98. The van der Waals surface area contributed by atoms with E-state index in [9.17, 15) is 0 Å². The van der Waals surface area contributed by atoms with Crippen LogP contribution in [0.4, 0.5) is 11.5 Å². The van der Waals surface area contributed by atoms with Gasteiger partial charge in [0.05, 0.1) is 0 Å². The smallest absolute Gasteiger partial charge is 0.180 e. The number of nitrogens with one attached hydrogen (secondary N) is 1. The Morgan fingerprint density at radius 1 is 1.18 bits per heavy atom. The van der Waals surface area contributed by atoms with Gasteiger partial charge in [0.15, 0.2) is 11.5 Å². The molecule has 0 bridgehead atoms. The summed E-state index contributed by atoms with van der Waals surface area (Å²) in [4.78, 5) is 12.6. The van der Waals surface area contributed by atoms with Gasteiger partial charge >= 0.3 is 0 Å². The lowest BCUT2D eigenvalue weighted by Gasteiger charge is -2.06. The summed E-state index contributed by atoms with van der Waals surface area (Å²) in [5.74, 6) is 0.704. The van der Waals surface area contributed by atoms with Crippen LogP contribution in [0.5, 0.6) is 0 Å². The van der Waals surface area contributed by atoms with Crippen LogP contribution in [0.3, 0.4) is 0 Å². The van der Waals surface area contributed by atoms with Crippen molar-refractivity contribution in [3.05, 3.63) is 47.7 Å². The maximum Gasteiger partial charge on any atom is 0.180 e.